The van der Waals surface area contributed by atoms with Gasteiger partial charge in [0.2, 0.25) is 0 Å². The summed E-state index contributed by atoms with van der Waals surface area (Å²) in [5, 5.41) is 3.54. The monoisotopic (exact) mass is 219 g/mol. The molecule has 0 aliphatic carbocycles. The molecular weight excluding hydrogens is 198 g/mol. The largest absolute Gasteiger partial charge is 0.380 e. The third-order valence-corrected chi connectivity index (χ3v) is 3.27. The lowest BCUT2D eigenvalue weighted by Crippen LogP contribution is -2.47. The van der Waals surface area contributed by atoms with Gasteiger partial charge in [0.1, 0.15) is 0 Å². The molecule has 2 heteroatoms. The van der Waals surface area contributed by atoms with Crippen molar-refractivity contribution in [1.29, 1.82) is 0 Å². The Morgan fingerprint density at radius 1 is 1.25 bits per heavy atom. The number of rotatable bonds is 5. The van der Waals surface area contributed by atoms with Gasteiger partial charge in [0.25, 0.3) is 0 Å². The van der Waals surface area contributed by atoms with E-state index in [1.165, 1.54) is 11.1 Å². The molecule has 1 heterocycles. The molecule has 1 aromatic carbocycles. The summed E-state index contributed by atoms with van der Waals surface area (Å²) in [5.41, 5.74) is 3.24. The number of ether oxygens (including phenoxy) is 1. The molecule has 0 bridgehead atoms. The third kappa shape index (κ3) is 2.63. The van der Waals surface area contributed by atoms with Crippen molar-refractivity contribution in [3.05, 3.63) is 35.4 Å². The second kappa shape index (κ2) is 4.98. The van der Waals surface area contributed by atoms with E-state index in [1.54, 1.807) is 0 Å². The van der Waals surface area contributed by atoms with Gasteiger partial charge in [0.05, 0.1) is 13.2 Å². The van der Waals surface area contributed by atoms with Crippen LogP contribution in [0.1, 0.15) is 25.0 Å². The van der Waals surface area contributed by atoms with Crippen LogP contribution in [0.3, 0.4) is 0 Å². The molecule has 0 unspecified atom stereocenters. The molecule has 1 aliphatic heterocycles. The predicted octanol–water partition coefficient (Wildman–Crippen LogP) is 2.38. The fourth-order valence-corrected chi connectivity index (χ4v) is 2.13. The summed E-state index contributed by atoms with van der Waals surface area (Å²) in [4.78, 5) is 0. The van der Waals surface area contributed by atoms with E-state index in [9.17, 15) is 0 Å². The summed E-state index contributed by atoms with van der Waals surface area (Å²) in [6.45, 7) is 8.30. The smallest absolute Gasteiger partial charge is 0.0554 e. The van der Waals surface area contributed by atoms with Crippen LogP contribution in [-0.2, 0) is 17.7 Å². The lowest BCUT2D eigenvalue weighted by atomic mass is 9.88. The Bertz CT molecular complexity index is 344. The van der Waals surface area contributed by atoms with Crippen LogP contribution in [0.15, 0.2) is 24.3 Å². The highest BCUT2D eigenvalue weighted by Gasteiger charge is 2.32. The zero-order chi connectivity index (χ0) is 11.4. The van der Waals surface area contributed by atoms with E-state index in [4.69, 9.17) is 4.74 Å². The first-order valence-corrected chi connectivity index (χ1v) is 6.09. The number of aryl methyl sites for hydroxylation is 1. The average Bonchev–Trinajstić information content (AvgIpc) is 2.27. The Labute approximate surface area is 98.0 Å². The van der Waals surface area contributed by atoms with Crippen molar-refractivity contribution in [2.75, 3.05) is 19.8 Å². The Balaban J connectivity index is 1.84. The molecule has 1 aromatic rings. The van der Waals surface area contributed by atoms with Gasteiger partial charge in [-0.25, -0.2) is 0 Å². The van der Waals surface area contributed by atoms with Crippen molar-refractivity contribution in [1.82, 2.24) is 5.32 Å². The maximum Gasteiger partial charge on any atom is 0.0554 e. The van der Waals surface area contributed by atoms with E-state index in [0.717, 1.165) is 32.7 Å². The molecule has 1 fully saturated rings. The summed E-state index contributed by atoms with van der Waals surface area (Å²) in [6, 6.07) is 8.66. The Hall–Kier alpha value is -0.860. The molecule has 0 spiro atoms. The van der Waals surface area contributed by atoms with Gasteiger partial charge in [0, 0.05) is 18.5 Å². The number of nitrogens with one attached hydrogen (secondary N) is 1. The fourth-order valence-electron chi connectivity index (χ4n) is 2.13. The highest BCUT2D eigenvalue weighted by Crippen LogP contribution is 2.25. The normalized spacial score (nSPS) is 18.1. The van der Waals surface area contributed by atoms with E-state index in [2.05, 4.69) is 43.4 Å². The number of benzene rings is 1. The van der Waals surface area contributed by atoms with Gasteiger partial charge in [-0.1, -0.05) is 38.1 Å². The topological polar surface area (TPSA) is 21.3 Å². The number of hydrogen-bond donors (Lipinski definition) is 1. The standard InChI is InChI=1S/C14H21NO/c1-3-12-6-4-5-7-13(12)8-15-9-14(2)10-16-11-14/h4-7,15H,3,8-11H2,1-2H3. The molecule has 2 nitrogen and oxygen atoms in total. The first-order chi connectivity index (χ1) is 7.73. The van der Waals surface area contributed by atoms with Crippen LogP contribution in [-0.4, -0.2) is 19.8 Å². The molecule has 16 heavy (non-hydrogen) atoms. The quantitative estimate of drug-likeness (QED) is 0.821. The fraction of sp³-hybridized carbons (Fsp3) is 0.571. The van der Waals surface area contributed by atoms with Crippen molar-refractivity contribution < 1.29 is 4.74 Å². The molecule has 1 saturated heterocycles. The van der Waals surface area contributed by atoms with Crippen molar-refractivity contribution in [2.24, 2.45) is 5.41 Å². The molecule has 0 saturated carbocycles. The van der Waals surface area contributed by atoms with Gasteiger partial charge in [-0.2, -0.15) is 0 Å². The summed E-state index contributed by atoms with van der Waals surface area (Å²) in [6.07, 6.45) is 1.11. The van der Waals surface area contributed by atoms with Crippen LogP contribution in [0.4, 0.5) is 0 Å². The van der Waals surface area contributed by atoms with Gasteiger partial charge < -0.3 is 10.1 Å². The summed E-state index contributed by atoms with van der Waals surface area (Å²) in [7, 11) is 0. The minimum atomic E-state index is 0.362. The molecule has 88 valence electrons. The van der Waals surface area contributed by atoms with E-state index in [-0.39, 0.29) is 0 Å². The van der Waals surface area contributed by atoms with Crippen LogP contribution < -0.4 is 5.32 Å². The second-order valence-electron chi connectivity index (χ2n) is 5.03. The van der Waals surface area contributed by atoms with E-state index in [0.29, 0.717) is 5.41 Å². The van der Waals surface area contributed by atoms with Gasteiger partial charge in [-0.3, -0.25) is 0 Å². The zero-order valence-electron chi connectivity index (χ0n) is 10.3. The lowest BCUT2D eigenvalue weighted by Gasteiger charge is -2.38. The first kappa shape index (κ1) is 11.6. The van der Waals surface area contributed by atoms with Crippen LogP contribution in [0, 0.1) is 5.41 Å². The van der Waals surface area contributed by atoms with Crippen LogP contribution >= 0.6 is 0 Å². The molecule has 0 radical (unpaired) electrons. The van der Waals surface area contributed by atoms with Crippen molar-refractivity contribution in [3.63, 3.8) is 0 Å². The maximum atomic E-state index is 5.25. The zero-order valence-corrected chi connectivity index (χ0v) is 10.3. The summed E-state index contributed by atoms with van der Waals surface area (Å²) < 4.78 is 5.25. The van der Waals surface area contributed by atoms with E-state index in [1.807, 2.05) is 0 Å². The predicted molar refractivity (Wildman–Crippen MR) is 66.5 cm³/mol. The molecular formula is C14H21NO. The van der Waals surface area contributed by atoms with Crippen LogP contribution in [0.2, 0.25) is 0 Å². The molecule has 2 rings (SSSR count). The Kier molecular flexibility index (Phi) is 3.62. The van der Waals surface area contributed by atoms with Gasteiger partial charge in [0.15, 0.2) is 0 Å². The highest BCUT2D eigenvalue weighted by atomic mass is 16.5. The van der Waals surface area contributed by atoms with Crippen molar-refractivity contribution in [3.8, 4) is 0 Å². The maximum absolute atomic E-state index is 5.25. The molecule has 1 N–H and O–H groups in total. The number of hydrogen-bond acceptors (Lipinski definition) is 2. The summed E-state index contributed by atoms with van der Waals surface area (Å²) >= 11 is 0. The van der Waals surface area contributed by atoms with Crippen molar-refractivity contribution in [2.45, 2.75) is 26.8 Å². The van der Waals surface area contributed by atoms with Gasteiger partial charge in [-0.05, 0) is 17.5 Å². The SMILES string of the molecule is CCc1ccccc1CNCC1(C)COC1. The van der Waals surface area contributed by atoms with E-state index >= 15 is 0 Å². The van der Waals surface area contributed by atoms with Crippen LogP contribution in [0.25, 0.3) is 0 Å². The Morgan fingerprint density at radius 2 is 1.94 bits per heavy atom. The minimum absolute atomic E-state index is 0.362. The third-order valence-electron chi connectivity index (χ3n) is 3.27. The van der Waals surface area contributed by atoms with Crippen LogP contribution in [0.5, 0.6) is 0 Å². The first-order valence-electron chi connectivity index (χ1n) is 6.09. The average molecular weight is 219 g/mol. The molecule has 1 aliphatic rings. The second-order valence-corrected chi connectivity index (χ2v) is 5.03. The summed E-state index contributed by atoms with van der Waals surface area (Å²) in [5.74, 6) is 0. The lowest BCUT2D eigenvalue weighted by molar-refractivity contribution is -0.0991. The van der Waals surface area contributed by atoms with E-state index < -0.39 is 0 Å². The van der Waals surface area contributed by atoms with Gasteiger partial charge in [-0.15, -0.1) is 0 Å². The highest BCUT2D eigenvalue weighted by molar-refractivity contribution is 5.26. The molecule has 0 atom stereocenters. The molecule has 0 aromatic heterocycles. The van der Waals surface area contributed by atoms with Gasteiger partial charge >= 0.3 is 0 Å². The molecule has 0 amide bonds. The van der Waals surface area contributed by atoms with Crippen molar-refractivity contribution >= 4 is 0 Å². The minimum Gasteiger partial charge on any atom is -0.380 e. The Morgan fingerprint density at radius 3 is 2.50 bits per heavy atom.